The van der Waals surface area contributed by atoms with Crippen molar-refractivity contribution in [1.82, 2.24) is 0 Å². The smallest absolute Gasteiger partial charge is 0.303 e. The molecule has 1 saturated carbocycles. The fraction of sp³-hybridized carbons (Fsp3) is 0.800. The van der Waals surface area contributed by atoms with E-state index in [2.05, 4.69) is 6.92 Å². The highest BCUT2D eigenvalue weighted by Gasteiger charge is 2.39. The van der Waals surface area contributed by atoms with Gasteiger partial charge in [-0.25, -0.2) is 0 Å². The maximum Gasteiger partial charge on any atom is 0.303 e. The van der Waals surface area contributed by atoms with Gasteiger partial charge in [-0.05, 0) is 19.3 Å². The van der Waals surface area contributed by atoms with Crippen LogP contribution in [-0.4, -0.2) is 39.3 Å². The van der Waals surface area contributed by atoms with Crippen LogP contribution < -0.4 is 0 Å². The molecule has 0 bridgehead atoms. The van der Waals surface area contributed by atoms with Gasteiger partial charge in [-0.3, -0.25) is 9.59 Å². The average molecular weight is 354 g/mol. The molecule has 1 rings (SSSR count). The van der Waals surface area contributed by atoms with Crippen molar-refractivity contribution in [2.24, 2.45) is 11.8 Å². The lowest BCUT2D eigenvalue weighted by Crippen LogP contribution is -2.19. The Hall–Kier alpha value is -1.20. The number of carbonyl (C=O) groups excluding carboxylic acids is 1. The molecule has 5 heteroatoms. The highest BCUT2D eigenvalue weighted by atomic mass is 16.4. The van der Waals surface area contributed by atoms with Crippen LogP contribution in [0.25, 0.3) is 0 Å². The minimum Gasteiger partial charge on any atom is -0.481 e. The minimum absolute atomic E-state index is 0.105. The molecule has 144 valence electrons. The molecule has 1 fully saturated rings. The van der Waals surface area contributed by atoms with Gasteiger partial charge in [0.2, 0.25) is 0 Å². The molecule has 2 unspecified atom stereocenters. The van der Waals surface area contributed by atoms with Crippen LogP contribution in [0.5, 0.6) is 0 Å². The van der Waals surface area contributed by atoms with Gasteiger partial charge in [-0.2, -0.15) is 0 Å². The molecule has 0 aromatic rings. The van der Waals surface area contributed by atoms with Gasteiger partial charge >= 0.3 is 5.97 Å². The van der Waals surface area contributed by atoms with Gasteiger partial charge in [0.15, 0.2) is 0 Å². The number of carboxylic acids is 1. The quantitative estimate of drug-likeness (QED) is 0.348. The number of hydrogen-bond donors (Lipinski definition) is 3. The Balaban J connectivity index is 2.39. The molecule has 0 aliphatic heterocycles. The predicted molar refractivity (Wildman–Crippen MR) is 97.2 cm³/mol. The summed E-state index contributed by atoms with van der Waals surface area (Å²) < 4.78 is 0. The maximum atomic E-state index is 12.1. The van der Waals surface area contributed by atoms with E-state index in [1.54, 1.807) is 6.08 Å². The molecule has 0 saturated heterocycles. The number of rotatable bonds is 13. The van der Waals surface area contributed by atoms with E-state index in [0.29, 0.717) is 6.42 Å². The molecule has 5 nitrogen and oxygen atoms in total. The van der Waals surface area contributed by atoms with E-state index in [4.69, 9.17) is 5.11 Å². The van der Waals surface area contributed by atoms with Gasteiger partial charge in [0.1, 0.15) is 5.78 Å². The van der Waals surface area contributed by atoms with Crippen LogP contribution in [0.4, 0.5) is 0 Å². The number of Topliss-reactive ketones (excluding diaryl/α,β-unsaturated/α-hetero) is 1. The van der Waals surface area contributed by atoms with E-state index in [1.165, 1.54) is 0 Å². The molecule has 3 N–H and O–H groups in total. The zero-order valence-corrected chi connectivity index (χ0v) is 15.4. The third-order valence-electron chi connectivity index (χ3n) is 5.05. The first-order chi connectivity index (χ1) is 12.0. The minimum atomic E-state index is -0.767. The molecular weight excluding hydrogens is 320 g/mol. The number of aliphatic hydroxyl groups is 2. The van der Waals surface area contributed by atoms with Gasteiger partial charge in [0.25, 0.3) is 0 Å². The molecule has 0 spiro atoms. The zero-order chi connectivity index (χ0) is 18.7. The number of unbranched alkanes of at least 4 members (excludes halogenated alkanes) is 5. The second kappa shape index (κ2) is 12.2. The van der Waals surface area contributed by atoms with Crippen molar-refractivity contribution in [1.29, 1.82) is 0 Å². The van der Waals surface area contributed by atoms with Crippen LogP contribution in [0.3, 0.4) is 0 Å². The Kier molecular flexibility index (Phi) is 10.7. The highest BCUT2D eigenvalue weighted by molar-refractivity contribution is 5.84. The average Bonchev–Trinajstić information content (AvgIpc) is 2.82. The van der Waals surface area contributed by atoms with Crippen LogP contribution in [0.15, 0.2) is 12.2 Å². The topological polar surface area (TPSA) is 94.8 Å². The molecule has 4 atom stereocenters. The number of hydrogen-bond acceptors (Lipinski definition) is 4. The molecule has 0 heterocycles. The summed E-state index contributed by atoms with van der Waals surface area (Å²) in [5.74, 6) is -1.04. The molecule has 25 heavy (non-hydrogen) atoms. The van der Waals surface area contributed by atoms with E-state index in [9.17, 15) is 19.8 Å². The third kappa shape index (κ3) is 8.63. The number of carbonyl (C=O) groups is 2. The summed E-state index contributed by atoms with van der Waals surface area (Å²) in [5.41, 5.74) is 0. The monoisotopic (exact) mass is 354 g/mol. The van der Waals surface area contributed by atoms with Crippen molar-refractivity contribution in [3.8, 4) is 0 Å². The van der Waals surface area contributed by atoms with Crippen molar-refractivity contribution < 1.29 is 24.9 Å². The Bertz CT molecular complexity index is 432. The molecular formula is C20H34O5. The fourth-order valence-corrected chi connectivity index (χ4v) is 3.54. The lowest BCUT2D eigenvalue weighted by atomic mass is 9.88. The molecule has 0 radical (unpaired) electrons. The molecule has 1 aliphatic rings. The van der Waals surface area contributed by atoms with Gasteiger partial charge in [-0.1, -0.05) is 57.6 Å². The van der Waals surface area contributed by atoms with Crippen molar-refractivity contribution in [2.75, 3.05) is 0 Å². The molecule has 0 aromatic heterocycles. The summed E-state index contributed by atoms with van der Waals surface area (Å²) >= 11 is 0. The Morgan fingerprint density at radius 3 is 2.60 bits per heavy atom. The van der Waals surface area contributed by atoms with Crippen molar-refractivity contribution in [3.63, 3.8) is 0 Å². The number of aliphatic carboxylic acids is 1. The van der Waals surface area contributed by atoms with E-state index in [0.717, 1.165) is 51.4 Å². The van der Waals surface area contributed by atoms with Crippen LogP contribution in [-0.2, 0) is 9.59 Å². The Morgan fingerprint density at radius 1 is 1.20 bits per heavy atom. The van der Waals surface area contributed by atoms with Crippen molar-refractivity contribution in [2.45, 2.75) is 89.8 Å². The SMILES string of the molecule is CCCCC[C@H](O)/C=C/[C@H]1C(O)CC(=O)C1CCCCCCC(=O)O. The Labute approximate surface area is 151 Å². The van der Waals surface area contributed by atoms with E-state index in [1.807, 2.05) is 6.08 Å². The number of aliphatic hydroxyl groups excluding tert-OH is 2. The van der Waals surface area contributed by atoms with Crippen LogP contribution >= 0.6 is 0 Å². The first-order valence-corrected chi connectivity index (χ1v) is 9.74. The second-order valence-corrected chi connectivity index (χ2v) is 7.22. The summed E-state index contributed by atoms with van der Waals surface area (Å²) in [6, 6.07) is 0. The lowest BCUT2D eigenvalue weighted by molar-refractivity contribution is -0.137. The van der Waals surface area contributed by atoms with Gasteiger partial charge in [-0.15, -0.1) is 0 Å². The summed E-state index contributed by atoms with van der Waals surface area (Å²) in [6.45, 7) is 2.12. The van der Waals surface area contributed by atoms with E-state index < -0.39 is 18.2 Å². The lowest BCUT2D eigenvalue weighted by Gasteiger charge is -2.18. The van der Waals surface area contributed by atoms with Crippen molar-refractivity contribution >= 4 is 11.8 Å². The Morgan fingerprint density at radius 2 is 1.92 bits per heavy atom. The van der Waals surface area contributed by atoms with E-state index in [-0.39, 0.29) is 30.5 Å². The maximum absolute atomic E-state index is 12.1. The summed E-state index contributed by atoms with van der Waals surface area (Å²) in [4.78, 5) is 22.6. The summed E-state index contributed by atoms with van der Waals surface area (Å²) in [7, 11) is 0. The normalized spacial score (nSPS) is 24.9. The van der Waals surface area contributed by atoms with Crippen LogP contribution in [0.1, 0.15) is 77.6 Å². The first-order valence-electron chi connectivity index (χ1n) is 9.74. The van der Waals surface area contributed by atoms with E-state index >= 15 is 0 Å². The third-order valence-corrected chi connectivity index (χ3v) is 5.05. The van der Waals surface area contributed by atoms with Crippen molar-refractivity contribution in [3.05, 3.63) is 12.2 Å². The summed E-state index contributed by atoms with van der Waals surface area (Å²) in [6.07, 6.45) is 10.7. The zero-order valence-electron chi connectivity index (χ0n) is 15.4. The second-order valence-electron chi connectivity index (χ2n) is 7.22. The summed E-state index contributed by atoms with van der Waals surface area (Å²) in [5, 5.41) is 28.7. The fourth-order valence-electron chi connectivity index (χ4n) is 3.54. The molecule has 0 aromatic carbocycles. The largest absolute Gasteiger partial charge is 0.481 e. The van der Waals surface area contributed by atoms with Gasteiger partial charge < -0.3 is 15.3 Å². The highest BCUT2D eigenvalue weighted by Crippen LogP contribution is 2.34. The number of ketones is 1. The number of carboxylic acid groups (broad SMARTS) is 1. The molecule has 1 aliphatic carbocycles. The standard InChI is InChI=1S/C20H34O5/c1-2-3-6-9-15(21)12-13-17-16(18(22)14-19(17)23)10-7-4-5-8-11-20(24)25/h12-13,15-17,19,21,23H,2-11,14H2,1H3,(H,24,25)/b13-12+/t15-,16?,17+,19?/m0/s1. The van der Waals surface area contributed by atoms with Gasteiger partial charge in [0.05, 0.1) is 12.2 Å². The van der Waals surface area contributed by atoms with Crippen LogP contribution in [0.2, 0.25) is 0 Å². The van der Waals surface area contributed by atoms with Crippen LogP contribution in [0, 0.1) is 11.8 Å². The van der Waals surface area contributed by atoms with Gasteiger partial charge in [0, 0.05) is 24.7 Å². The first kappa shape index (κ1) is 21.8. The predicted octanol–water partition coefficient (Wildman–Crippen LogP) is 3.48. The molecule has 0 amide bonds.